The summed E-state index contributed by atoms with van der Waals surface area (Å²) in [6.45, 7) is 0. The second kappa shape index (κ2) is 4.71. The second-order valence-corrected chi connectivity index (χ2v) is 1.90. The van der Waals surface area contributed by atoms with E-state index in [9.17, 15) is 0 Å². The molecule has 2 N–H and O–H groups in total. The smallest absolute Gasteiger partial charge is 0.420 e. The molecule has 0 aliphatic heterocycles. The van der Waals surface area contributed by atoms with Crippen LogP contribution in [0.3, 0.4) is 0 Å². The first-order valence-corrected chi connectivity index (χ1v) is 2.59. The number of hydrogen-bond donors (Lipinski definition) is 1. The van der Waals surface area contributed by atoms with Crippen molar-refractivity contribution < 1.29 is 51.4 Å². The molecule has 0 aromatic heterocycles. The Morgan fingerprint density at radius 1 is 1.44 bits per heavy atom. The summed E-state index contributed by atoms with van der Waals surface area (Å²) in [6.07, 6.45) is 0. The molecule has 0 amide bonds. The van der Waals surface area contributed by atoms with Crippen molar-refractivity contribution >= 4 is 17.3 Å². The third kappa shape index (κ3) is 3.60. The van der Waals surface area contributed by atoms with Crippen LogP contribution in [0.1, 0.15) is 0 Å². The van der Waals surface area contributed by atoms with Crippen LogP contribution in [-0.2, 0) is 0 Å². The third-order valence-corrected chi connectivity index (χ3v) is 1.03. The fourth-order valence-electron chi connectivity index (χ4n) is 0.418. The van der Waals surface area contributed by atoms with Crippen LogP contribution in [0.15, 0.2) is 18.2 Å². The first-order valence-electron chi connectivity index (χ1n) is 2.22. The maximum Gasteiger partial charge on any atom is 1.00 e. The van der Waals surface area contributed by atoms with E-state index in [1.165, 1.54) is 0 Å². The van der Waals surface area contributed by atoms with E-state index in [4.69, 9.17) is 17.3 Å². The number of hydrogen-bond acceptors (Lipinski definition) is 1. The van der Waals surface area contributed by atoms with E-state index in [1.807, 2.05) is 0 Å². The minimum absolute atomic E-state index is 0. The molecule has 0 aliphatic carbocycles. The maximum atomic E-state index is 5.52. The molecule has 1 nitrogen and oxygen atoms in total. The number of nitrogen functional groups attached to an aromatic ring is 1. The van der Waals surface area contributed by atoms with Gasteiger partial charge in [-0.05, 0) is 0 Å². The summed E-state index contributed by atoms with van der Waals surface area (Å²) >= 11 is 5.52. The molecule has 1 rings (SSSR count). The van der Waals surface area contributed by atoms with Gasteiger partial charge < -0.3 is 5.73 Å². The Hall–Kier alpha value is 0.946. The van der Waals surface area contributed by atoms with Gasteiger partial charge in [-0.3, -0.25) is 0 Å². The van der Waals surface area contributed by atoms with E-state index >= 15 is 0 Å². The molecule has 0 spiro atoms. The van der Waals surface area contributed by atoms with E-state index in [0.29, 0.717) is 10.7 Å². The van der Waals surface area contributed by atoms with Gasteiger partial charge >= 0.3 is 51.4 Å². The molecule has 9 heavy (non-hydrogen) atoms. The van der Waals surface area contributed by atoms with Crippen LogP contribution in [0.2, 0.25) is 5.02 Å². The zero-order valence-corrected chi connectivity index (χ0v) is 9.07. The Morgan fingerprint density at radius 2 is 2.11 bits per heavy atom. The van der Waals surface area contributed by atoms with Crippen molar-refractivity contribution in [2.24, 2.45) is 0 Å². The topological polar surface area (TPSA) is 26.0 Å². The van der Waals surface area contributed by atoms with Gasteiger partial charge in [-0.1, -0.05) is 10.7 Å². The fraction of sp³-hybridized carbons (Fsp3) is 0. The number of nitrogens with two attached hydrogens (primary N) is 1. The number of benzene rings is 1. The van der Waals surface area contributed by atoms with E-state index < -0.39 is 0 Å². The van der Waals surface area contributed by atoms with Crippen LogP contribution >= 0.6 is 11.6 Å². The average Bonchev–Trinajstić information content (AvgIpc) is 1.77. The van der Waals surface area contributed by atoms with Gasteiger partial charge in [0.05, 0.1) is 0 Å². The summed E-state index contributed by atoms with van der Waals surface area (Å²) < 4.78 is 0. The van der Waals surface area contributed by atoms with Crippen molar-refractivity contribution in [1.82, 2.24) is 0 Å². The van der Waals surface area contributed by atoms with Gasteiger partial charge in [0.1, 0.15) is 0 Å². The van der Waals surface area contributed by atoms with Crippen molar-refractivity contribution in [2.75, 3.05) is 5.73 Å². The van der Waals surface area contributed by atoms with Crippen molar-refractivity contribution in [2.45, 2.75) is 0 Å². The summed E-state index contributed by atoms with van der Waals surface area (Å²) in [5.74, 6) is 0. The molecule has 0 saturated heterocycles. The van der Waals surface area contributed by atoms with Crippen LogP contribution in [0.5, 0.6) is 0 Å². The maximum absolute atomic E-state index is 5.52. The number of halogens is 1. The van der Waals surface area contributed by atoms with Crippen molar-refractivity contribution in [3.63, 3.8) is 0 Å². The molecule has 0 saturated carbocycles. The van der Waals surface area contributed by atoms with Crippen molar-refractivity contribution in [3.8, 4) is 0 Å². The van der Waals surface area contributed by atoms with Gasteiger partial charge in [0.2, 0.25) is 0 Å². The largest absolute Gasteiger partial charge is 1.00 e. The second-order valence-electron chi connectivity index (χ2n) is 1.46. The Balaban J connectivity index is 0.000000640. The standard InChI is InChI=1S/C6H5ClN.K/c7-5-1-3-6(8)4-2-5;/h1-3H,8H2;/q-1;+1. The summed E-state index contributed by atoms with van der Waals surface area (Å²) in [7, 11) is 0. The summed E-state index contributed by atoms with van der Waals surface area (Å²) in [6, 6.07) is 7.82. The number of anilines is 1. The van der Waals surface area contributed by atoms with E-state index in [1.54, 1.807) is 18.2 Å². The van der Waals surface area contributed by atoms with Gasteiger partial charge in [-0.2, -0.15) is 29.8 Å². The quantitative estimate of drug-likeness (QED) is 0.290. The van der Waals surface area contributed by atoms with Gasteiger partial charge in [0.25, 0.3) is 0 Å². The molecular formula is C6H5ClKN. The van der Waals surface area contributed by atoms with Crippen molar-refractivity contribution in [3.05, 3.63) is 29.3 Å². The van der Waals surface area contributed by atoms with Crippen molar-refractivity contribution in [1.29, 1.82) is 0 Å². The van der Waals surface area contributed by atoms with Crippen LogP contribution in [-0.4, -0.2) is 0 Å². The zero-order chi connectivity index (χ0) is 5.98. The first-order chi connectivity index (χ1) is 3.79. The Morgan fingerprint density at radius 3 is 2.44 bits per heavy atom. The summed E-state index contributed by atoms with van der Waals surface area (Å²) in [4.78, 5) is 0. The molecule has 3 heteroatoms. The third-order valence-electron chi connectivity index (χ3n) is 0.799. The molecule has 0 atom stereocenters. The average molecular weight is 166 g/mol. The van der Waals surface area contributed by atoms with Crippen LogP contribution < -0.4 is 57.1 Å². The monoisotopic (exact) mass is 165 g/mol. The minimum Gasteiger partial charge on any atom is -0.420 e. The first kappa shape index (κ1) is 9.95. The molecule has 0 unspecified atom stereocenters. The van der Waals surface area contributed by atoms with Crippen LogP contribution in [0.4, 0.5) is 5.69 Å². The fourth-order valence-corrected chi connectivity index (χ4v) is 0.535. The summed E-state index contributed by atoms with van der Waals surface area (Å²) in [5.41, 5.74) is 5.93. The number of rotatable bonds is 0. The van der Waals surface area contributed by atoms with Gasteiger partial charge in [-0.25, -0.2) is 0 Å². The SMILES string of the molecule is Nc1[c-]cc(Cl)cc1.[K+]. The zero-order valence-electron chi connectivity index (χ0n) is 5.19. The van der Waals surface area contributed by atoms with Gasteiger partial charge in [-0.15, -0.1) is 6.07 Å². The Labute approximate surface area is 102 Å². The predicted molar refractivity (Wildman–Crippen MR) is 34.7 cm³/mol. The molecular weight excluding hydrogens is 161 g/mol. The molecule has 1 aromatic carbocycles. The van der Waals surface area contributed by atoms with Crippen LogP contribution in [0, 0.1) is 6.07 Å². The van der Waals surface area contributed by atoms with E-state index in [-0.39, 0.29) is 51.4 Å². The normalized spacial score (nSPS) is 8.11. The van der Waals surface area contributed by atoms with Gasteiger partial charge in [0.15, 0.2) is 0 Å². The van der Waals surface area contributed by atoms with E-state index in [2.05, 4.69) is 6.07 Å². The molecule has 0 fully saturated rings. The van der Waals surface area contributed by atoms with Gasteiger partial charge in [0, 0.05) is 0 Å². The van der Waals surface area contributed by atoms with E-state index in [0.717, 1.165) is 0 Å². The Kier molecular flexibility index (Phi) is 5.21. The molecule has 0 radical (unpaired) electrons. The molecule has 1 aromatic rings. The Bertz CT molecular complexity index is 152. The summed E-state index contributed by atoms with van der Waals surface area (Å²) in [5, 5.41) is 0.666. The minimum atomic E-state index is 0. The predicted octanol–water partition coefficient (Wildman–Crippen LogP) is -1.27. The molecule has 0 aliphatic rings. The molecule has 0 bridgehead atoms. The molecule has 0 heterocycles. The molecule has 42 valence electrons. The van der Waals surface area contributed by atoms with Crippen LogP contribution in [0.25, 0.3) is 0 Å².